The first-order valence-electron chi connectivity index (χ1n) is 10.1. The Balaban J connectivity index is 1.43. The van der Waals surface area contributed by atoms with Crippen molar-refractivity contribution in [1.29, 1.82) is 0 Å². The Kier molecular flexibility index (Phi) is 5.25. The van der Waals surface area contributed by atoms with E-state index in [0.717, 1.165) is 31.6 Å². The van der Waals surface area contributed by atoms with Crippen molar-refractivity contribution in [3.05, 3.63) is 96.5 Å². The molecule has 2 heterocycles. The summed E-state index contributed by atoms with van der Waals surface area (Å²) >= 11 is 0. The van der Waals surface area contributed by atoms with Gasteiger partial charge in [0.25, 0.3) is 0 Å². The van der Waals surface area contributed by atoms with Gasteiger partial charge in [0.15, 0.2) is 0 Å². The summed E-state index contributed by atoms with van der Waals surface area (Å²) < 4.78 is 2.21. The highest BCUT2D eigenvalue weighted by atomic mass is 15.2. The van der Waals surface area contributed by atoms with Crippen LogP contribution in [0, 0.1) is 0 Å². The van der Waals surface area contributed by atoms with Crippen molar-refractivity contribution in [2.75, 3.05) is 6.54 Å². The van der Waals surface area contributed by atoms with Crippen LogP contribution in [-0.2, 0) is 20.0 Å². The van der Waals surface area contributed by atoms with E-state index in [-0.39, 0.29) is 0 Å². The lowest BCUT2D eigenvalue weighted by molar-refractivity contribution is 0.337. The van der Waals surface area contributed by atoms with Gasteiger partial charge in [0.2, 0.25) is 0 Å². The molecule has 1 aromatic heterocycles. The summed E-state index contributed by atoms with van der Waals surface area (Å²) in [4.78, 5) is 2.45. The highest BCUT2D eigenvalue weighted by Crippen LogP contribution is 2.29. The van der Waals surface area contributed by atoms with Crippen LogP contribution in [0.3, 0.4) is 0 Å². The number of benzene rings is 2. The molecule has 3 nitrogen and oxygen atoms in total. The summed E-state index contributed by atoms with van der Waals surface area (Å²) in [6.07, 6.45) is 5.44. The zero-order valence-electron chi connectivity index (χ0n) is 16.7. The zero-order valence-corrected chi connectivity index (χ0v) is 16.7. The van der Waals surface area contributed by atoms with E-state index < -0.39 is 0 Å². The lowest BCUT2D eigenvalue weighted by atomic mass is 10.1. The summed E-state index contributed by atoms with van der Waals surface area (Å²) in [5.74, 6) is 0. The van der Waals surface area contributed by atoms with Crippen LogP contribution >= 0.6 is 0 Å². The molecule has 1 aliphatic rings. The van der Waals surface area contributed by atoms with Gasteiger partial charge in [0, 0.05) is 55.1 Å². The number of fused-ring (bicyclic) bond motifs is 1. The first-order chi connectivity index (χ1) is 13.6. The lowest BCUT2D eigenvalue weighted by Crippen LogP contribution is -2.35. The molecule has 3 aromatic rings. The van der Waals surface area contributed by atoms with Crippen molar-refractivity contribution in [2.24, 2.45) is 7.05 Å². The Hall–Kier alpha value is -2.94. The second-order valence-corrected chi connectivity index (χ2v) is 7.74. The number of nitrogens with one attached hydrogen (secondary N) is 1. The molecule has 0 saturated carbocycles. The molecule has 2 aromatic carbocycles. The van der Waals surface area contributed by atoms with E-state index in [1.807, 2.05) is 6.07 Å². The second-order valence-electron chi connectivity index (χ2n) is 7.74. The van der Waals surface area contributed by atoms with E-state index in [1.54, 1.807) is 0 Å². The first kappa shape index (κ1) is 18.4. The molecular formula is C25H29N3. The topological polar surface area (TPSA) is 20.2 Å². The van der Waals surface area contributed by atoms with Crippen LogP contribution < -0.4 is 5.32 Å². The molecule has 1 unspecified atom stereocenters. The molecule has 144 valence electrons. The molecular weight excluding hydrogens is 342 g/mol. The van der Waals surface area contributed by atoms with Crippen LogP contribution in [0.25, 0.3) is 10.9 Å². The van der Waals surface area contributed by atoms with Crippen LogP contribution in [0.1, 0.15) is 24.0 Å². The van der Waals surface area contributed by atoms with Gasteiger partial charge in [-0.05, 0) is 30.0 Å². The Morgan fingerprint density at radius 3 is 2.64 bits per heavy atom. The summed E-state index contributed by atoms with van der Waals surface area (Å²) in [5, 5.41) is 4.86. The lowest BCUT2D eigenvalue weighted by Gasteiger charge is -2.30. The molecule has 0 spiro atoms. The van der Waals surface area contributed by atoms with E-state index in [4.69, 9.17) is 0 Å². The number of allylic oxidation sites excluding steroid dienone is 1. The minimum Gasteiger partial charge on any atom is -0.383 e. The Bertz CT molecular complexity index is 983. The molecule has 28 heavy (non-hydrogen) atoms. The smallest absolute Gasteiger partial charge is 0.0680 e. The number of hydrogen-bond acceptors (Lipinski definition) is 2. The van der Waals surface area contributed by atoms with Crippen molar-refractivity contribution in [3.8, 4) is 0 Å². The molecule has 1 N–H and O–H groups in total. The molecule has 0 aliphatic carbocycles. The minimum atomic E-state index is 0.325. The molecule has 1 fully saturated rings. The number of nitrogens with zero attached hydrogens (tertiary/aromatic N) is 2. The molecule has 1 saturated heterocycles. The third-order valence-corrected chi connectivity index (χ3v) is 5.80. The van der Waals surface area contributed by atoms with Crippen LogP contribution in [0.2, 0.25) is 0 Å². The fourth-order valence-corrected chi connectivity index (χ4v) is 4.32. The van der Waals surface area contributed by atoms with Gasteiger partial charge >= 0.3 is 0 Å². The highest BCUT2D eigenvalue weighted by molar-refractivity contribution is 5.84. The maximum absolute atomic E-state index is 4.45. The van der Waals surface area contributed by atoms with Gasteiger partial charge in [-0.1, -0.05) is 61.7 Å². The van der Waals surface area contributed by atoms with Crippen LogP contribution in [0.15, 0.2) is 85.3 Å². The number of rotatable bonds is 7. The first-order valence-corrected chi connectivity index (χ1v) is 10.1. The minimum absolute atomic E-state index is 0.325. The quantitative estimate of drug-likeness (QED) is 0.630. The second kappa shape index (κ2) is 7.97. The van der Waals surface area contributed by atoms with Gasteiger partial charge in [-0.15, -0.1) is 0 Å². The van der Waals surface area contributed by atoms with E-state index in [0.29, 0.717) is 6.04 Å². The number of likely N-dealkylation sites (tertiary alicyclic amines) is 1. The number of aromatic nitrogens is 1. The number of aryl methyl sites for hydroxylation is 1. The predicted octanol–water partition coefficient (Wildman–Crippen LogP) is 5.00. The van der Waals surface area contributed by atoms with E-state index in [2.05, 4.69) is 89.7 Å². The predicted molar refractivity (Wildman–Crippen MR) is 118 cm³/mol. The summed E-state index contributed by atoms with van der Waals surface area (Å²) in [6, 6.07) is 19.4. The maximum Gasteiger partial charge on any atom is 0.0680 e. The van der Waals surface area contributed by atoms with Gasteiger partial charge in [0.1, 0.15) is 0 Å². The molecule has 0 bridgehead atoms. The molecule has 4 rings (SSSR count). The molecule has 3 heteroatoms. The van der Waals surface area contributed by atoms with Crippen LogP contribution in [0.4, 0.5) is 0 Å². The monoisotopic (exact) mass is 371 g/mol. The van der Waals surface area contributed by atoms with Gasteiger partial charge in [-0.3, -0.25) is 0 Å². The zero-order chi connectivity index (χ0) is 19.5. The van der Waals surface area contributed by atoms with Gasteiger partial charge in [-0.2, -0.15) is 0 Å². The van der Waals surface area contributed by atoms with Gasteiger partial charge in [0.05, 0.1) is 6.04 Å². The van der Waals surface area contributed by atoms with Gasteiger partial charge < -0.3 is 14.8 Å². The molecule has 1 aliphatic heterocycles. The SMILES string of the molecule is C=C(NCc1ccccc1)C1CCCN1C(=C)Cc1cn(C)c2ccccc12. The normalized spacial score (nSPS) is 16.5. The molecule has 0 radical (unpaired) electrons. The third kappa shape index (κ3) is 3.70. The Labute approximate surface area is 168 Å². The van der Waals surface area contributed by atoms with Crippen molar-refractivity contribution in [2.45, 2.75) is 31.8 Å². The summed E-state index contributed by atoms with van der Waals surface area (Å²) in [7, 11) is 2.11. The standard InChI is InChI=1S/C25H29N3/c1-19(16-22-18-27(3)25-13-8-7-12-23(22)25)28-15-9-14-24(28)20(2)26-17-21-10-5-4-6-11-21/h4-8,10-13,18,24,26H,1-2,9,14-17H2,3H3. The van der Waals surface area contributed by atoms with E-state index >= 15 is 0 Å². The van der Waals surface area contributed by atoms with Crippen molar-refractivity contribution < 1.29 is 0 Å². The van der Waals surface area contributed by atoms with Gasteiger partial charge in [-0.25, -0.2) is 0 Å². The fourth-order valence-electron chi connectivity index (χ4n) is 4.32. The summed E-state index contributed by atoms with van der Waals surface area (Å²) in [6.45, 7) is 10.7. The largest absolute Gasteiger partial charge is 0.383 e. The van der Waals surface area contributed by atoms with Crippen LogP contribution in [-0.4, -0.2) is 22.1 Å². The average molecular weight is 372 g/mol. The Morgan fingerprint density at radius 1 is 1.07 bits per heavy atom. The average Bonchev–Trinajstić information content (AvgIpc) is 3.33. The van der Waals surface area contributed by atoms with Crippen molar-refractivity contribution in [1.82, 2.24) is 14.8 Å². The maximum atomic E-state index is 4.45. The molecule has 0 amide bonds. The van der Waals surface area contributed by atoms with Crippen LogP contribution in [0.5, 0.6) is 0 Å². The number of para-hydroxylation sites is 1. The van der Waals surface area contributed by atoms with Crippen molar-refractivity contribution in [3.63, 3.8) is 0 Å². The van der Waals surface area contributed by atoms with E-state index in [9.17, 15) is 0 Å². The molecule has 1 atom stereocenters. The summed E-state index contributed by atoms with van der Waals surface area (Å²) in [5.41, 5.74) is 6.18. The van der Waals surface area contributed by atoms with Crippen molar-refractivity contribution >= 4 is 10.9 Å². The highest BCUT2D eigenvalue weighted by Gasteiger charge is 2.28. The fraction of sp³-hybridized carbons (Fsp3) is 0.280. The number of hydrogen-bond donors (Lipinski definition) is 1. The third-order valence-electron chi connectivity index (χ3n) is 5.80. The van der Waals surface area contributed by atoms with E-state index in [1.165, 1.54) is 34.1 Å². The Morgan fingerprint density at radius 2 is 1.82 bits per heavy atom.